The van der Waals surface area contributed by atoms with Gasteiger partial charge in [-0.3, -0.25) is 9.59 Å². The predicted molar refractivity (Wildman–Crippen MR) is 161 cm³/mol. The summed E-state index contributed by atoms with van der Waals surface area (Å²) in [5, 5.41) is 0.293. The standard InChI is InChI=1S/C30H34B2F3NO10S/c1-26(2)27(3,4)44-31(43-26)19-11-17(25(39)42-36-23(37)9-10-24(36)38)12-21(15-19)47(40,41)22-14-18(30(33,34)35)13-20(16-22)32-45-28(5,6)29(7,8)46-32/h11-16H,9-10H2,1-8H3. The van der Waals surface area contributed by atoms with Gasteiger partial charge in [-0.2, -0.15) is 13.2 Å². The molecule has 0 atom stereocenters. The minimum Gasteiger partial charge on any atom is -0.399 e. The lowest BCUT2D eigenvalue weighted by atomic mass is 9.78. The average Bonchev–Trinajstić information content (AvgIpc) is 3.47. The largest absolute Gasteiger partial charge is 0.494 e. The van der Waals surface area contributed by atoms with Gasteiger partial charge >= 0.3 is 26.4 Å². The first-order valence-corrected chi connectivity index (χ1v) is 16.2. The van der Waals surface area contributed by atoms with Gasteiger partial charge in [0.2, 0.25) is 9.84 Å². The van der Waals surface area contributed by atoms with Crippen LogP contribution in [0.25, 0.3) is 0 Å². The molecule has 2 aromatic rings. The Bertz CT molecular complexity index is 1730. The quantitative estimate of drug-likeness (QED) is 0.331. The Kier molecular flexibility index (Phi) is 8.33. The Balaban J connectivity index is 1.63. The second kappa shape index (κ2) is 11.2. The van der Waals surface area contributed by atoms with Crippen molar-refractivity contribution < 1.29 is 59.4 Å². The molecule has 2 amide bonds. The normalized spacial score (nSPS) is 21.9. The molecule has 0 N–H and O–H groups in total. The van der Waals surface area contributed by atoms with Gasteiger partial charge in [0.25, 0.3) is 11.8 Å². The lowest BCUT2D eigenvalue weighted by molar-refractivity contribution is -0.172. The Morgan fingerprint density at radius 3 is 1.55 bits per heavy atom. The van der Waals surface area contributed by atoms with Crippen molar-refractivity contribution in [3.8, 4) is 0 Å². The van der Waals surface area contributed by atoms with Crippen molar-refractivity contribution >= 4 is 52.8 Å². The zero-order chi connectivity index (χ0) is 35.1. The molecule has 3 heterocycles. The highest BCUT2D eigenvalue weighted by molar-refractivity contribution is 7.91. The van der Waals surface area contributed by atoms with Crippen molar-refractivity contribution in [2.24, 2.45) is 0 Å². The van der Waals surface area contributed by atoms with Gasteiger partial charge in [0, 0.05) is 12.8 Å². The first kappa shape index (κ1) is 35.1. The number of carbonyl (C=O) groups is 3. The number of imide groups is 1. The highest BCUT2D eigenvalue weighted by Crippen LogP contribution is 2.39. The average molecular weight is 679 g/mol. The molecule has 17 heteroatoms. The first-order valence-electron chi connectivity index (χ1n) is 14.8. The van der Waals surface area contributed by atoms with E-state index in [0.29, 0.717) is 11.1 Å². The van der Waals surface area contributed by atoms with E-state index in [0.717, 1.165) is 24.3 Å². The highest BCUT2D eigenvalue weighted by Gasteiger charge is 2.53. The van der Waals surface area contributed by atoms with Crippen LogP contribution in [0.4, 0.5) is 13.2 Å². The maximum atomic E-state index is 14.2. The molecule has 0 bridgehead atoms. The van der Waals surface area contributed by atoms with Crippen molar-refractivity contribution in [2.45, 2.75) is 107 Å². The number of hydroxylamine groups is 2. The number of hydrogen-bond donors (Lipinski definition) is 0. The Hall–Kier alpha value is -3.24. The van der Waals surface area contributed by atoms with Crippen molar-refractivity contribution in [3.63, 3.8) is 0 Å². The maximum absolute atomic E-state index is 14.2. The van der Waals surface area contributed by atoms with Crippen LogP contribution in [-0.4, -0.2) is 67.9 Å². The number of alkyl halides is 3. The van der Waals surface area contributed by atoms with Gasteiger partial charge in [-0.25, -0.2) is 13.2 Å². The minimum absolute atomic E-state index is 0.0221. The number of hydrogen-bond acceptors (Lipinski definition) is 10. The van der Waals surface area contributed by atoms with E-state index in [1.165, 1.54) is 6.07 Å². The summed E-state index contributed by atoms with van der Waals surface area (Å²) in [6.07, 6.45) is -5.31. The second-order valence-corrected chi connectivity index (χ2v) is 15.7. The predicted octanol–water partition coefficient (Wildman–Crippen LogP) is 3.36. The van der Waals surface area contributed by atoms with Crippen LogP contribution in [0.3, 0.4) is 0 Å². The fourth-order valence-electron chi connectivity index (χ4n) is 5.00. The topological polar surface area (TPSA) is 135 Å². The lowest BCUT2D eigenvalue weighted by Gasteiger charge is -2.32. The van der Waals surface area contributed by atoms with Crippen LogP contribution in [-0.2, 0) is 49.1 Å². The van der Waals surface area contributed by atoms with Crippen LogP contribution in [0.2, 0.25) is 0 Å². The van der Waals surface area contributed by atoms with Gasteiger partial charge in [-0.15, -0.1) is 5.06 Å². The van der Waals surface area contributed by atoms with E-state index in [-0.39, 0.29) is 23.8 Å². The van der Waals surface area contributed by atoms with E-state index in [2.05, 4.69) is 0 Å². The van der Waals surface area contributed by atoms with E-state index in [1.807, 2.05) is 0 Å². The smallest absolute Gasteiger partial charge is 0.399 e. The molecule has 0 saturated carbocycles. The highest BCUT2D eigenvalue weighted by atomic mass is 32.2. The molecule has 3 aliphatic heterocycles. The summed E-state index contributed by atoms with van der Waals surface area (Å²) in [5.41, 5.74) is -5.51. The van der Waals surface area contributed by atoms with Crippen molar-refractivity contribution in [2.75, 3.05) is 0 Å². The van der Waals surface area contributed by atoms with Crippen LogP contribution in [0.1, 0.15) is 84.2 Å². The molecule has 47 heavy (non-hydrogen) atoms. The SMILES string of the molecule is CC1(C)OB(c2cc(C(=O)ON3C(=O)CCC3=O)cc(S(=O)(=O)c3cc(B4OC(C)(C)C(C)(C)O4)cc(C(F)(F)F)c3)c2)OC1(C)C. The Morgan fingerprint density at radius 1 is 0.723 bits per heavy atom. The molecule has 11 nitrogen and oxygen atoms in total. The summed E-state index contributed by atoms with van der Waals surface area (Å²) in [6, 6.07) is 5.46. The third-order valence-corrected chi connectivity index (χ3v) is 11.0. The summed E-state index contributed by atoms with van der Waals surface area (Å²) in [6.45, 7) is 13.8. The van der Waals surface area contributed by atoms with Crippen LogP contribution < -0.4 is 10.9 Å². The number of sulfone groups is 1. The summed E-state index contributed by atoms with van der Waals surface area (Å²) < 4.78 is 94.7. The molecule has 0 unspecified atom stereocenters. The summed E-state index contributed by atoms with van der Waals surface area (Å²) in [5.74, 6) is -2.79. The zero-order valence-corrected chi connectivity index (χ0v) is 27.9. The minimum atomic E-state index is -4.95. The van der Waals surface area contributed by atoms with Crippen molar-refractivity contribution in [1.29, 1.82) is 0 Å². The maximum Gasteiger partial charge on any atom is 0.494 e. The van der Waals surface area contributed by atoms with E-state index in [4.69, 9.17) is 23.5 Å². The van der Waals surface area contributed by atoms with E-state index >= 15 is 0 Å². The number of halogens is 3. The zero-order valence-electron chi connectivity index (χ0n) is 27.1. The third kappa shape index (κ3) is 6.35. The van der Waals surface area contributed by atoms with Crippen LogP contribution in [0.5, 0.6) is 0 Å². The van der Waals surface area contributed by atoms with E-state index in [1.54, 1.807) is 55.4 Å². The molecule has 0 spiro atoms. The number of nitrogens with zero attached hydrogens (tertiary/aromatic N) is 1. The van der Waals surface area contributed by atoms with Crippen LogP contribution in [0.15, 0.2) is 46.2 Å². The van der Waals surface area contributed by atoms with E-state index < -0.39 is 91.4 Å². The lowest BCUT2D eigenvalue weighted by Crippen LogP contribution is -2.41. The number of carbonyl (C=O) groups excluding carboxylic acids is 3. The molecule has 5 rings (SSSR count). The summed E-state index contributed by atoms with van der Waals surface area (Å²) >= 11 is 0. The molecule has 3 fully saturated rings. The summed E-state index contributed by atoms with van der Waals surface area (Å²) in [7, 11) is -7.36. The molecular formula is C30H34B2F3NO10S. The fourth-order valence-corrected chi connectivity index (χ4v) is 6.41. The molecule has 0 radical (unpaired) electrons. The van der Waals surface area contributed by atoms with Gasteiger partial charge < -0.3 is 23.5 Å². The molecular weight excluding hydrogens is 645 g/mol. The molecule has 0 aliphatic carbocycles. The summed E-state index contributed by atoms with van der Waals surface area (Å²) in [4.78, 5) is 41.1. The molecule has 3 saturated heterocycles. The molecule has 0 aromatic heterocycles. The first-order chi connectivity index (χ1) is 21.3. The Labute approximate surface area is 271 Å². The molecule has 252 valence electrons. The van der Waals surface area contributed by atoms with Gasteiger partial charge in [-0.05, 0) is 96.6 Å². The second-order valence-electron chi connectivity index (χ2n) is 13.7. The van der Waals surface area contributed by atoms with Gasteiger partial charge in [0.1, 0.15) is 0 Å². The molecule has 2 aromatic carbocycles. The fraction of sp³-hybridized carbons (Fsp3) is 0.500. The van der Waals surface area contributed by atoms with Gasteiger partial charge in [-0.1, -0.05) is 6.07 Å². The van der Waals surface area contributed by atoms with Crippen molar-refractivity contribution in [1.82, 2.24) is 5.06 Å². The third-order valence-electron chi connectivity index (χ3n) is 9.27. The number of benzene rings is 2. The van der Waals surface area contributed by atoms with E-state index in [9.17, 15) is 36.0 Å². The molecule has 3 aliphatic rings. The van der Waals surface area contributed by atoms with Crippen LogP contribution in [0, 0.1) is 0 Å². The van der Waals surface area contributed by atoms with Crippen molar-refractivity contribution in [3.05, 3.63) is 47.5 Å². The Morgan fingerprint density at radius 2 is 1.13 bits per heavy atom. The number of amides is 2. The monoisotopic (exact) mass is 679 g/mol. The van der Waals surface area contributed by atoms with Gasteiger partial charge in [0.05, 0.1) is 43.3 Å². The van der Waals surface area contributed by atoms with Gasteiger partial charge in [0.15, 0.2) is 0 Å². The number of rotatable bonds is 6. The van der Waals surface area contributed by atoms with Crippen LogP contribution >= 0.6 is 0 Å².